The van der Waals surface area contributed by atoms with Crippen molar-refractivity contribution < 1.29 is 12.8 Å². The van der Waals surface area contributed by atoms with Crippen LogP contribution in [0.1, 0.15) is 18.4 Å². The third kappa shape index (κ3) is 3.36. The second-order valence-corrected chi connectivity index (χ2v) is 9.55. The normalized spacial score (nSPS) is 15.6. The Morgan fingerprint density at radius 2 is 1.86 bits per heavy atom. The minimum absolute atomic E-state index is 0.0564. The summed E-state index contributed by atoms with van der Waals surface area (Å²) in [7, 11) is -3.50. The molecule has 7 heteroatoms. The standard InChI is InChI=1S/C14H13BrFNO2S2/c15-13-7-8-14(20-13)21(18,19)17(12-5-6-12)9-10-1-3-11(16)4-2-10/h1-4,7-8,12H,5-6,9H2. The van der Waals surface area contributed by atoms with Gasteiger partial charge in [0.2, 0.25) is 0 Å². The lowest BCUT2D eigenvalue weighted by Crippen LogP contribution is -2.32. The van der Waals surface area contributed by atoms with Crippen LogP contribution in [0.3, 0.4) is 0 Å². The Morgan fingerprint density at radius 1 is 1.19 bits per heavy atom. The number of sulfonamides is 1. The first-order valence-corrected chi connectivity index (χ1v) is 9.53. The summed E-state index contributed by atoms with van der Waals surface area (Å²) in [6, 6.07) is 9.38. The molecule has 3 nitrogen and oxygen atoms in total. The van der Waals surface area contributed by atoms with E-state index in [4.69, 9.17) is 0 Å². The van der Waals surface area contributed by atoms with Crippen LogP contribution in [0.25, 0.3) is 0 Å². The highest BCUT2D eigenvalue weighted by Crippen LogP contribution is 2.36. The molecule has 0 spiro atoms. The van der Waals surface area contributed by atoms with Crippen molar-refractivity contribution in [1.29, 1.82) is 0 Å². The maximum atomic E-state index is 13.0. The number of nitrogens with zero attached hydrogens (tertiary/aromatic N) is 1. The molecule has 0 radical (unpaired) electrons. The molecular weight excluding hydrogens is 377 g/mol. The average Bonchev–Trinajstić information content (AvgIpc) is 3.18. The lowest BCUT2D eigenvalue weighted by molar-refractivity contribution is 0.399. The van der Waals surface area contributed by atoms with E-state index >= 15 is 0 Å². The van der Waals surface area contributed by atoms with Crippen LogP contribution in [-0.2, 0) is 16.6 Å². The lowest BCUT2D eigenvalue weighted by atomic mass is 10.2. The Balaban J connectivity index is 1.89. The monoisotopic (exact) mass is 389 g/mol. The van der Waals surface area contributed by atoms with Gasteiger partial charge in [0.1, 0.15) is 10.0 Å². The highest BCUT2D eigenvalue weighted by Gasteiger charge is 2.38. The summed E-state index contributed by atoms with van der Waals surface area (Å²) < 4.78 is 41.1. The molecule has 21 heavy (non-hydrogen) atoms. The highest BCUT2D eigenvalue weighted by atomic mass is 79.9. The van der Waals surface area contributed by atoms with Gasteiger partial charge in [-0.2, -0.15) is 4.31 Å². The molecule has 3 rings (SSSR count). The van der Waals surface area contributed by atoms with Gasteiger partial charge in [-0.25, -0.2) is 12.8 Å². The van der Waals surface area contributed by atoms with Gasteiger partial charge in [0.05, 0.1) is 3.79 Å². The predicted octanol–water partition coefficient (Wildman–Crippen LogP) is 4.00. The number of hydrogen-bond donors (Lipinski definition) is 0. The Morgan fingerprint density at radius 3 is 2.38 bits per heavy atom. The first kappa shape index (κ1) is 15.1. The lowest BCUT2D eigenvalue weighted by Gasteiger charge is -2.21. The quantitative estimate of drug-likeness (QED) is 0.774. The fourth-order valence-corrected chi connectivity index (χ4v) is 5.91. The molecule has 0 atom stereocenters. The van der Waals surface area contributed by atoms with Crippen molar-refractivity contribution in [1.82, 2.24) is 4.31 Å². The smallest absolute Gasteiger partial charge is 0.207 e. The van der Waals surface area contributed by atoms with E-state index in [1.165, 1.54) is 27.8 Å². The molecular formula is C14H13BrFNO2S2. The van der Waals surface area contributed by atoms with Crippen LogP contribution in [0.2, 0.25) is 0 Å². The van der Waals surface area contributed by atoms with Crippen LogP contribution >= 0.6 is 27.3 Å². The molecule has 0 unspecified atom stereocenters. The number of hydrogen-bond acceptors (Lipinski definition) is 3. The Bertz CT molecular complexity index is 739. The van der Waals surface area contributed by atoms with E-state index in [1.54, 1.807) is 24.3 Å². The van der Waals surface area contributed by atoms with E-state index in [1.807, 2.05) is 0 Å². The number of benzene rings is 1. The van der Waals surface area contributed by atoms with Crippen molar-refractivity contribution in [2.75, 3.05) is 0 Å². The van der Waals surface area contributed by atoms with Gasteiger partial charge in [-0.05, 0) is 58.6 Å². The zero-order valence-corrected chi connectivity index (χ0v) is 14.2. The fourth-order valence-electron chi connectivity index (χ4n) is 2.09. The van der Waals surface area contributed by atoms with Crippen LogP contribution in [0.15, 0.2) is 44.4 Å². The van der Waals surface area contributed by atoms with Crippen molar-refractivity contribution in [3.05, 3.63) is 51.6 Å². The van der Waals surface area contributed by atoms with Crippen LogP contribution in [0.4, 0.5) is 4.39 Å². The average molecular weight is 390 g/mol. The largest absolute Gasteiger partial charge is 0.253 e. The van der Waals surface area contributed by atoms with Crippen LogP contribution in [0.5, 0.6) is 0 Å². The van der Waals surface area contributed by atoms with Crippen LogP contribution in [0, 0.1) is 5.82 Å². The Kier molecular flexibility index (Phi) is 4.18. The number of halogens is 2. The van der Waals surface area contributed by atoms with Gasteiger partial charge < -0.3 is 0 Å². The molecule has 0 aliphatic heterocycles. The van der Waals surface area contributed by atoms with E-state index in [2.05, 4.69) is 15.9 Å². The van der Waals surface area contributed by atoms with Crippen molar-refractivity contribution in [3.8, 4) is 0 Å². The summed E-state index contributed by atoms with van der Waals surface area (Å²) in [5.41, 5.74) is 0.794. The fraction of sp³-hybridized carbons (Fsp3) is 0.286. The first-order chi connectivity index (χ1) is 9.96. The molecule has 2 aromatic rings. The van der Waals surface area contributed by atoms with Gasteiger partial charge in [-0.3, -0.25) is 0 Å². The number of thiophene rings is 1. The summed E-state index contributed by atoms with van der Waals surface area (Å²) in [4.78, 5) is 0. The zero-order chi connectivity index (χ0) is 15.0. The van der Waals surface area contributed by atoms with E-state index in [0.29, 0.717) is 4.21 Å². The molecule has 1 aromatic heterocycles. The molecule has 0 saturated heterocycles. The summed E-state index contributed by atoms with van der Waals surface area (Å²) in [6.45, 7) is 0.281. The minimum Gasteiger partial charge on any atom is -0.207 e. The number of rotatable bonds is 5. The maximum absolute atomic E-state index is 13.0. The van der Waals surface area contributed by atoms with Crippen LogP contribution < -0.4 is 0 Å². The van der Waals surface area contributed by atoms with Gasteiger partial charge in [0, 0.05) is 12.6 Å². The summed E-state index contributed by atoms with van der Waals surface area (Å²) in [5, 5.41) is 0. The van der Waals surface area contributed by atoms with E-state index in [0.717, 1.165) is 22.2 Å². The molecule has 1 heterocycles. The van der Waals surface area contributed by atoms with Crippen molar-refractivity contribution >= 4 is 37.3 Å². The second-order valence-electron chi connectivity index (χ2n) is 4.97. The Hall–Kier alpha value is -0.760. The maximum Gasteiger partial charge on any atom is 0.253 e. The van der Waals surface area contributed by atoms with Crippen molar-refractivity contribution in [2.45, 2.75) is 29.6 Å². The second kappa shape index (κ2) is 5.79. The van der Waals surface area contributed by atoms with Crippen molar-refractivity contribution in [2.24, 2.45) is 0 Å². The highest BCUT2D eigenvalue weighted by molar-refractivity contribution is 9.11. The molecule has 1 aliphatic rings. The molecule has 0 amide bonds. The topological polar surface area (TPSA) is 37.4 Å². The first-order valence-electron chi connectivity index (χ1n) is 6.48. The Labute approximate surface area is 135 Å². The van der Waals surface area contributed by atoms with E-state index in [9.17, 15) is 12.8 Å². The summed E-state index contributed by atoms with van der Waals surface area (Å²) in [5.74, 6) is -0.318. The van der Waals surface area contributed by atoms with Crippen molar-refractivity contribution in [3.63, 3.8) is 0 Å². The van der Waals surface area contributed by atoms with E-state index < -0.39 is 10.0 Å². The predicted molar refractivity (Wildman–Crippen MR) is 84.2 cm³/mol. The molecule has 0 N–H and O–H groups in total. The third-order valence-corrected chi connectivity index (χ3v) is 7.31. The molecule has 1 saturated carbocycles. The molecule has 0 bridgehead atoms. The third-order valence-electron chi connectivity index (χ3n) is 3.32. The molecule has 1 aliphatic carbocycles. The molecule has 112 valence electrons. The molecule has 1 fully saturated rings. The SMILES string of the molecule is O=S(=O)(c1ccc(Br)s1)N(Cc1ccc(F)cc1)C1CC1. The van der Waals surface area contributed by atoms with Gasteiger partial charge in [0.15, 0.2) is 0 Å². The van der Waals surface area contributed by atoms with Crippen LogP contribution in [-0.4, -0.2) is 18.8 Å². The zero-order valence-electron chi connectivity index (χ0n) is 11.0. The van der Waals surface area contributed by atoms with Gasteiger partial charge in [-0.1, -0.05) is 12.1 Å². The van der Waals surface area contributed by atoms with Gasteiger partial charge >= 0.3 is 0 Å². The minimum atomic E-state index is -3.50. The summed E-state index contributed by atoms with van der Waals surface area (Å²) in [6.07, 6.45) is 1.76. The molecule has 1 aromatic carbocycles. The summed E-state index contributed by atoms with van der Waals surface area (Å²) >= 11 is 4.50. The van der Waals surface area contributed by atoms with Gasteiger partial charge in [0.25, 0.3) is 10.0 Å². The van der Waals surface area contributed by atoms with Gasteiger partial charge in [-0.15, -0.1) is 11.3 Å². The van der Waals surface area contributed by atoms with E-state index in [-0.39, 0.29) is 18.4 Å².